The summed E-state index contributed by atoms with van der Waals surface area (Å²) in [6.45, 7) is 0. The van der Waals surface area contributed by atoms with Crippen LogP contribution in [0.1, 0.15) is 18.4 Å². The first-order valence-electron chi connectivity index (χ1n) is 6.24. The molecule has 0 radical (unpaired) electrons. The van der Waals surface area contributed by atoms with Crippen molar-refractivity contribution in [2.24, 2.45) is 0 Å². The van der Waals surface area contributed by atoms with Crippen molar-refractivity contribution in [1.29, 1.82) is 0 Å². The van der Waals surface area contributed by atoms with Gasteiger partial charge in [-0.1, -0.05) is 0 Å². The summed E-state index contributed by atoms with van der Waals surface area (Å²) in [5, 5.41) is 10.7. The lowest BCUT2D eigenvalue weighted by Gasteiger charge is -2.14. The minimum Gasteiger partial charge on any atom is -0.479 e. The second-order valence-electron chi connectivity index (χ2n) is 4.71. The van der Waals surface area contributed by atoms with Crippen molar-refractivity contribution in [3.8, 4) is 0 Å². The van der Waals surface area contributed by atoms with Crippen molar-refractivity contribution >= 4 is 17.6 Å². The number of hydrogen-bond donors (Lipinski definition) is 2. The fourth-order valence-electron chi connectivity index (χ4n) is 2.02. The van der Waals surface area contributed by atoms with Gasteiger partial charge in [-0.3, -0.25) is 4.79 Å². The lowest BCUT2D eigenvalue weighted by atomic mass is 10.1. The molecule has 0 unspecified atom stereocenters. The van der Waals surface area contributed by atoms with Gasteiger partial charge in [0.05, 0.1) is 11.3 Å². The second kappa shape index (κ2) is 5.91. The van der Waals surface area contributed by atoms with Gasteiger partial charge in [0, 0.05) is 0 Å². The SMILES string of the molecule is O=C(Nc1cc(C(F)(F)F)ccc1F)[C@@H]1CC[C@H](C(=O)O)O1. The van der Waals surface area contributed by atoms with Crippen molar-refractivity contribution < 1.29 is 37.0 Å². The van der Waals surface area contributed by atoms with Crippen LogP contribution in [0.2, 0.25) is 0 Å². The maximum atomic E-state index is 13.5. The zero-order valence-electron chi connectivity index (χ0n) is 11.0. The molecule has 1 fully saturated rings. The summed E-state index contributed by atoms with van der Waals surface area (Å²) in [4.78, 5) is 22.5. The average molecular weight is 321 g/mol. The van der Waals surface area contributed by atoms with E-state index in [4.69, 9.17) is 9.84 Å². The molecule has 5 nitrogen and oxygen atoms in total. The Hall–Kier alpha value is -2.16. The summed E-state index contributed by atoms with van der Waals surface area (Å²) in [7, 11) is 0. The number of amides is 1. The van der Waals surface area contributed by atoms with Crippen LogP contribution in [-0.2, 0) is 20.5 Å². The average Bonchev–Trinajstić information content (AvgIpc) is 2.89. The van der Waals surface area contributed by atoms with E-state index in [-0.39, 0.29) is 12.8 Å². The first-order chi connectivity index (χ1) is 10.2. The van der Waals surface area contributed by atoms with Crippen LogP contribution in [-0.4, -0.2) is 29.2 Å². The molecular weight excluding hydrogens is 310 g/mol. The number of halogens is 4. The standard InChI is InChI=1S/C13H11F4NO4/c14-7-2-1-6(13(15,16)17)5-8(7)18-11(19)9-3-4-10(22-9)12(20)21/h1-2,5,9-10H,3-4H2,(H,18,19)(H,20,21)/t9-,10+/m0/s1. The molecule has 1 heterocycles. The third-order valence-electron chi connectivity index (χ3n) is 3.14. The summed E-state index contributed by atoms with van der Waals surface area (Å²) in [5.41, 5.74) is -1.75. The lowest BCUT2D eigenvalue weighted by Crippen LogP contribution is -2.30. The molecule has 1 saturated heterocycles. The van der Waals surface area contributed by atoms with Crippen LogP contribution in [0.15, 0.2) is 18.2 Å². The third-order valence-corrected chi connectivity index (χ3v) is 3.14. The highest BCUT2D eigenvalue weighted by molar-refractivity contribution is 5.95. The Morgan fingerprint density at radius 3 is 2.41 bits per heavy atom. The van der Waals surface area contributed by atoms with E-state index in [1.807, 2.05) is 5.32 Å². The summed E-state index contributed by atoms with van der Waals surface area (Å²) in [6.07, 6.45) is -6.79. The van der Waals surface area contributed by atoms with E-state index < -0.39 is 47.3 Å². The van der Waals surface area contributed by atoms with E-state index >= 15 is 0 Å². The Kier molecular flexibility index (Phi) is 4.36. The highest BCUT2D eigenvalue weighted by atomic mass is 19.4. The normalized spacial score (nSPS) is 21.6. The van der Waals surface area contributed by atoms with Gasteiger partial charge in [0.25, 0.3) is 5.91 Å². The van der Waals surface area contributed by atoms with Crippen LogP contribution < -0.4 is 5.32 Å². The van der Waals surface area contributed by atoms with Gasteiger partial charge in [-0.15, -0.1) is 0 Å². The van der Waals surface area contributed by atoms with Gasteiger partial charge in [0.2, 0.25) is 0 Å². The highest BCUT2D eigenvalue weighted by Crippen LogP contribution is 2.32. The Morgan fingerprint density at radius 1 is 1.23 bits per heavy atom. The first kappa shape index (κ1) is 16.2. The van der Waals surface area contributed by atoms with Crippen molar-refractivity contribution in [2.45, 2.75) is 31.2 Å². The molecular formula is C13H11F4NO4. The molecule has 9 heteroatoms. The van der Waals surface area contributed by atoms with Crippen molar-refractivity contribution in [3.63, 3.8) is 0 Å². The molecule has 2 rings (SSSR count). The molecule has 22 heavy (non-hydrogen) atoms. The van der Waals surface area contributed by atoms with Crippen molar-refractivity contribution in [3.05, 3.63) is 29.6 Å². The number of anilines is 1. The van der Waals surface area contributed by atoms with Crippen LogP contribution in [0.5, 0.6) is 0 Å². The molecule has 0 saturated carbocycles. The van der Waals surface area contributed by atoms with Crippen LogP contribution in [0.25, 0.3) is 0 Å². The summed E-state index contributed by atoms with van der Waals surface area (Å²) < 4.78 is 56.1. The third kappa shape index (κ3) is 3.53. The summed E-state index contributed by atoms with van der Waals surface area (Å²) >= 11 is 0. The summed E-state index contributed by atoms with van der Waals surface area (Å²) in [6, 6.07) is 1.61. The predicted octanol–water partition coefficient (Wildman–Crippen LogP) is 2.42. The van der Waals surface area contributed by atoms with E-state index in [9.17, 15) is 27.2 Å². The first-order valence-corrected chi connectivity index (χ1v) is 6.24. The number of benzene rings is 1. The number of ether oxygens (including phenoxy) is 1. The number of aliphatic carboxylic acids is 1. The largest absolute Gasteiger partial charge is 0.479 e. The number of nitrogens with one attached hydrogen (secondary N) is 1. The molecule has 1 amide bonds. The van der Waals surface area contributed by atoms with E-state index in [1.54, 1.807) is 0 Å². The molecule has 120 valence electrons. The lowest BCUT2D eigenvalue weighted by molar-refractivity contribution is -0.151. The summed E-state index contributed by atoms with van der Waals surface area (Å²) in [5.74, 6) is -3.16. The second-order valence-corrected chi connectivity index (χ2v) is 4.71. The van der Waals surface area contributed by atoms with Gasteiger partial charge < -0.3 is 15.2 Å². The van der Waals surface area contributed by atoms with Gasteiger partial charge in [-0.25, -0.2) is 9.18 Å². The maximum absolute atomic E-state index is 13.5. The van der Waals surface area contributed by atoms with Crippen LogP contribution in [0.3, 0.4) is 0 Å². The fourth-order valence-corrected chi connectivity index (χ4v) is 2.02. The molecule has 0 spiro atoms. The number of carboxylic acid groups (broad SMARTS) is 1. The van der Waals surface area contributed by atoms with Gasteiger partial charge in [0.1, 0.15) is 11.9 Å². The molecule has 1 aromatic carbocycles. The molecule has 2 N–H and O–H groups in total. The molecule has 1 aromatic rings. The molecule has 1 aliphatic heterocycles. The minimum absolute atomic E-state index is 0.0867. The Bertz CT molecular complexity index is 602. The van der Waals surface area contributed by atoms with Crippen molar-refractivity contribution in [2.75, 3.05) is 5.32 Å². The predicted molar refractivity (Wildman–Crippen MR) is 65.6 cm³/mol. The van der Waals surface area contributed by atoms with Crippen LogP contribution in [0.4, 0.5) is 23.2 Å². The number of hydrogen-bond acceptors (Lipinski definition) is 3. The Morgan fingerprint density at radius 2 is 1.86 bits per heavy atom. The number of rotatable bonds is 3. The fraction of sp³-hybridized carbons (Fsp3) is 0.385. The van der Waals surface area contributed by atoms with Gasteiger partial charge in [0.15, 0.2) is 6.10 Å². The van der Waals surface area contributed by atoms with Crippen LogP contribution >= 0.6 is 0 Å². The molecule has 0 bridgehead atoms. The minimum atomic E-state index is -4.68. The Balaban J connectivity index is 2.10. The molecule has 2 atom stereocenters. The number of carboxylic acids is 1. The number of carbonyl (C=O) groups excluding carboxylic acids is 1. The monoisotopic (exact) mass is 321 g/mol. The van der Waals surface area contributed by atoms with Gasteiger partial charge in [-0.05, 0) is 31.0 Å². The zero-order valence-corrected chi connectivity index (χ0v) is 11.0. The highest BCUT2D eigenvalue weighted by Gasteiger charge is 2.35. The zero-order chi connectivity index (χ0) is 16.5. The van der Waals surface area contributed by atoms with E-state index in [1.165, 1.54) is 0 Å². The number of carbonyl (C=O) groups is 2. The van der Waals surface area contributed by atoms with Crippen LogP contribution in [0, 0.1) is 5.82 Å². The Labute approximate surface area is 121 Å². The van der Waals surface area contributed by atoms with E-state index in [0.29, 0.717) is 18.2 Å². The maximum Gasteiger partial charge on any atom is 0.416 e. The molecule has 0 aliphatic carbocycles. The quantitative estimate of drug-likeness (QED) is 0.838. The van der Waals surface area contributed by atoms with Gasteiger partial charge in [-0.2, -0.15) is 13.2 Å². The number of alkyl halides is 3. The topological polar surface area (TPSA) is 75.6 Å². The van der Waals surface area contributed by atoms with Gasteiger partial charge >= 0.3 is 12.1 Å². The molecule has 0 aromatic heterocycles. The van der Waals surface area contributed by atoms with E-state index in [0.717, 1.165) is 0 Å². The van der Waals surface area contributed by atoms with Crippen molar-refractivity contribution in [1.82, 2.24) is 0 Å². The van der Waals surface area contributed by atoms with E-state index in [2.05, 4.69) is 0 Å². The smallest absolute Gasteiger partial charge is 0.416 e. The molecule has 1 aliphatic rings.